The monoisotopic (exact) mass is 374 g/mol. The minimum Gasteiger partial charge on any atom is -0.486 e. The zero-order valence-electron chi connectivity index (χ0n) is 14.7. The second kappa shape index (κ2) is 7.42. The molecule has 7 heteroatoms. The number of amides is 2. The molecular weight excluding hydrogens is 354 g/mol. The van der Waals surface area contributed by atoms with E-state index in [0.29, 0.717) is 31.3 Å². The molecule has 2 amide bonds. The third kappa shape index (κ3) is 3.54. The Morgan fingerprint density at radius 1 is 1.19 bits per heavy atom. The quantitative estimate of drug-likeness (QED) is 0.890. The molecule has 0 saturated carbocycles. The molecule has 2 heterocycles. The minimum atomic E-state index is -0.544. The number of halogens is 2. The normalized spacial score (nSPS) is 18.4. The highest BCUT2D eigenvalue weighted by Gasteiger charge is 2.33. The summed E-state index contributed by atoms with van der Waals surface area (Å²) >= 11 is 0. The summed E-state index contributed by atoms with van der Waals surface area (Å²) < 4.78 is 38.5. The summed E-state index contributed by atoms with van der Waals surface area (Å²) in [5.41, 5.74) is 1.03. The van der Waals surface area contributed by atoms with Crippen LogP contribution < -0.4 is 14.8 Å². The number of para-hydroxylation sites is 1. The molecule has 0 bridgehead atoms. The van der Waals surface area contributed by atoms with Crippen molar-refractivity contribution in [1.82, 2.24) is 10.2 Å². The Kier molecular flexibility index (Phi) is 4.83. The van der Waals surface area contributed by atoms with Crippen molar-refractivity contribution in [2.75, 3.05) is 19.8 Å². The number of rotatable bonds is 3. The molecule has 5 nitrogen and oxygen atoms in total. The summed E-state index contributed by atoms with van der Waals surface area (Å²) in [6, 6.07) is 8.44. The van der Waals surface area contributed by atoms with Crippen molar-refractivity contribution in [3.63, 3.8) is 0 Å². The van der Waals surface area contributed by atoms with E-state index in [2.05, 4.69) is 5.32 Å². The second-order valence-electron chi connectivity index (χ2n) is 6.62. The third-order valence-electron chi connectivity index (χ3n) is 4.91. The van der Waals surface area contributed by atoms with Crippen LogP contribution in [0.3, 0.4) is 0 Å². The van der Waals surface area contributed by atoms with Gasteiger partial charge < -0.3 is 19.7 Å². The summed E-state index contributed by atoms with van der Waals surface area (Å²) in [5, 5.41) is 2.70. The first-order valence-corrected chi connectivity index (χ1v) is 9.00. The first-order chi connectivity index (χ1) is 13.1. The van der Waals surface area contributed by atoms with Gasteiger partial charge in [-0.1, -0.05) is 12.1 Å². The van der Waals surface area contributed by atoms with Crippen LogP contribution in [0.4, 0.5) is 13.6 Å². The van der Waals surface area contributed by atoms with E-state index in [4.69, 9.17) is 9.47 Å². The fourth-order valence-corrected chi connectivity index (χ4v) is 3.64. The Hall–Kier alpha value is -2.83. The van der Waals surface area contributed by atoms with Crippen LogP contribution in [0.1, 0.15) is 30.0 Å². The van der Waals surface area contributed by atoms with Crippen molar-refractivity contribution in [2.45, 2.75) is 25.4 Å². The number of carbonyl (C=O) groups is 1. The van der Waals surface area contributed by atoms with Crippen molar-refractivity contribution in [2.24, 2.45) is 0 Å². The highest BCUT2D eigenvalue weighted by molar-refractivity contribution is 5.75. The van der Waals surface area contributed by atoms with Crippen LogP contribution in [0.15, 0.2) is 36.4 Å². The van der Waals surface area contributed by atoms with Gasteiger partial charge in [-0.05, 0) is 37.1 Å². The lowest BCUT2D eigenvalue weighted by Gasteiger charge is -2.29. The molecule has 0 aromatic heterocycles. The highest BCUT2D eigenvalue weighted by Crippen LogP contribution is 2.42. The van der Waals surface area contributed by atoms with Crippen LogP contribution in [0.25, 0.3) is 0 Å². The van der Waals surface area contributed by atoms with E-state index < -0.39 is 11.6 Å². The maximum Gasteiger partial charge on any atom is 0.318 e. The van der Waals surface area contributed by atoms with Gasteiger partial charge in [-0.3, -0.25) is 0 Å². The number of carbonyl (C=O) groups excluding carboxylic acids is 1. The van der Waals surface area contributed by atoms with E-state index in [1.807, 2.05) is 18.2 Å². The van der Waals surface area contributed by atoms with Gasteiger partial charge in [-0.2, -0.15) is 0 Å². The second-order valence-corrected chi connectivity index (χ2v) is 6.62. The van der Waals surface area contributed by atoms with E-state index in [9.17, 15) is 13.6 Å². The first-order valence-electron chi connectivity index (χ1n) is 9.00. The predicted molar refractivity (Wildman–Crippen MR) is 94.7 cm³/mol. The Labute approximate surface area is 155 Å². The molecule has 1 N–H and O–H groups in total. The number of ether oxygens (including phenoxy) is 2. The zero-order valence-corrected chi connectivity index (χ0v) is 14.7. The van der Waals surface area contributed by atoms with Gasteiger partial charge in [0.05, 0.1) is 6.04 Å². The molecule has 4 rings (SSSR count). The molecule has 142 valence electrons. The van der Waals surface area contributed by atoms with Crippen molar-refractivity contribution in [1.29, 1.82) is 0 Å². The van der Waals surface area contributed by atoms with Crippen molar-refractivity contribution >= 4 is 6.03 Å². The van der Waals surface area contributed by atoms with Gasteiger partial charge in [0.1, 0.15) is 24.8 Å². The van der Waals surface area contributed by atoms with Gasteiger partial charge in [-0.15, -0.1) is 0 Å². The molecule has 2 aliphatic rings. The number of nitrogens with one attached hydrogen (secondary N) is 1. The molecule has 1 fully saturated rings. The van der Waals surface area contributed by atoms with Gasteiger partial charge in [0.25, 0.3) is 0 Å². The zero-order chi connectivity index (χ0) is 18.8. The topological polar surface area (TPSA) is 50.8 Å². The molecule has 2 aromatic carbocycles. The fourth-order valence-electron chi connectivity index (χ4n) is 3.64. The van der Waals surface area contributed by atoms with Crippen LogP contribution in [0.2, 0.25) is 0 Å². The molecule has 2 aliphatic heterocycles. The number of hydrogen-bond donors (Lipinski definition) is 1. The number of likely N-dealkylation sites (tertiary alicyclic amines) is 1. The molecule has 0 aliphatic carbocycles. The standard InChI is InChI=1S/C20H20F2N2O3/c21-14-6-7-16(22)13(11-14)12-23-20(25)24-8-2-4-17(24)15-3-1-5-18-19(15)27-10-9-26-18/h1,3,5-7,11,17H,2,4,8-10,12H2,(H,23,25). The number of fused-ring (bicyclic) bond motifs is 1. The molecule has 0 spiro atoms. The van der Waals surface area contributed by atoms with E-state index >= 15 is 0 Å². The number of urea groups is 1. The van der Waals surface area contributed by atoms with E-state index in [-0.39, 0.29) is 24.2 Å². The Balaban J connectivity index is 1.50. The summed E-state index contributed by atoms with van der Waals surface area (Å²) in [7, 11) is 0. The first kappa shape index (κ1) is 17.6. The lowest BCUT2D eigenvalue weighted by Crippen LogP contribution is -2.39. The van der Waals surface area contributed by atoms with Crippen LogP contribution in [-0.2, 0) is 6.54 Å². The molecular formula is C20H20F2N2O3. The summed E-state index contributed by atoms with van der Waals surface area (Å²) in [5.74, 6) is 0.294. The van der Waals surface area contributed by atoms with Crippen LogP contribution >= 0.6 is 0 Å². The Morgan fingerprint density at radius 2 is 2.04 bits per heavy atom. The largest absolute Gasteiger partial charge is 0.486 e. The average Bonchev–Trinajstić information content (AvgIpc) is 3.17. The molecule has 1 unspecified atom stereocenters. The smallest absolute Gasteiger partial charge is 0.318 e. The van der Waals surface area contributed by atoms with Crippen LogP contribution in [-0.4, -0.2) is 30.7 Å². The van der Waals surface area contributed by atoms with Crippen molar-refractivity contribution < 1.29 is 23.0 Å². The SMILES string of the molecule is O=C(NCc1cc(F)ccc1F)N1CCCC1c1cccc2c1OCCO2. The number of benzene rings is 2. The summed E-state index contributed by atoms with van der Waals surface area (Å²) in [6.45, 7) is 1.50. The molecule has 1 saturated heterocycles. The van der Waals surface area contributed by atoms with Gasteiger partial charge >= 0.3 is 6.03 Å². The molecule has 2 aromatic rings. The minimum absolute atomic E-state index is 0.0713. The summed E-state index contributed by atoms with van der Waals surface area (Å²) in [6.07, 6.45) is 1.67. The van der Waals surface area contributed by atoms with Gasteiger partial charge in [-0.25, -0.2) is 13.6 Å². The van der Waals surface area contributed by atoms with Gasteiger partial charge in [0.2, 0.25) is 0 Å². The maximum atomic E-state index is 13.8. The van der Waals surface area contributed by atoms with E-state index in [1.165, 1.54) is 0 Å². The third-order valence-corrected chi connectivity index (χ3v) is 4.91. The Bertz CT molecular complexity index is 859. The lowest BCUT2D eigenvalue weighted by molar-refractivity contribution is 0.163. The van der Waals surface area contributed by atoms with Crippen LogP contribution in [0, 0.1) is 11.6 Å². The van der Waals surface area contributed by atoms with Gasteiger partial charge in [0.15, 0.2) is 11.5 Å². The molecule has 0 radical (unpaired) electrons. The number of nitrogens with zero attached hydrogens (tertiary/aromatic N) is 1. The predicted octanol–water partition coefficient (Wildman–Crippen LogP) is 3.78. The molecule has 1 atom stereocenters. The Morgan fingerprint density at radius 3 is 2.93 bits per heavy atom. The van der Waals surface area contributed by atoms with Crippen LogP contribution in [0.5, 0.6) is 11.5 Å². The highest BCUT2D eigenvalue weighted by atomic mass is 19.1. The van der Waals surface area contributed by atoms with Gasteiger partial charge in [0, 0.05) is 24.2 Å². The maximum absolute atomic E-state index is 13.8. The molecule has 27 heavy (non-hydrogen) atoms. The van der Waals surface area contributed by atoms with E-state index in [0.717, 1.165) is 36.6 Å². The van der Waals surface area contributed by atoms with Crippen molar-refractivity contribution in [3.8, 4) is 11.5 Å². The lowest BCUT2D eigenvalue weighted by atomic mass is 10.0. The van der Waals surface area contributed by atoms with E-state index in [1.54, 1.807) is 4.90 Å². The van der Waals surface area contributed by atoms with Crippen molar-refractivity contribution in [3.05, 3.63) is 59.2 Å². The number of hydrogen-bond acceptors (Lipinski definition) is 3. The average molecular weight is 374 g/mol. The fraction of sp³-hybridized carbons (Fsp3) is 0.350. The summed E-state index contributed by atoms with van der Waals surface area (Å²) in [4.78, 5) is 14.4.